The monoisotopic (exact) mass is 412 g/mol. The van der Waals surface area contributed by atoms with Gasteiger partial charge in [-0.2, -0.15) is 0 Å². The number of benzene rings is 1. The van der Waals surface area contributed by atoms with Crippen LogP contribution in [0.25, 0.3) is 0 Å². The predicted molar refractivity (Wildman–Crippen MR) is 114 cm³/mol. The quantitative estimate of drug-likeness (QED) is 0.772. The van der Waals surface area contributed by atoms with E-state index in [4.69, 9.17) is 0 Å². The zero-order valence-corrected chi connectivity index (χ0v) is 17.6. The molecule has 2 aliphatic heterocycles. The van der Waals surface area contributed by atoms with Crippen molar-refractivity contribution in [3.63, 3.8) is 0 Å². The molecule has 0 aromatic heterocycles. The molecule has 0 radical (unpaired) electrons. The van der Waals surface area contributed by atoms with E-state index in [1.54, 1.807) is 9.80 Å². The van der Waals surface area contributed by atoms with E-state index in [2.05, 4.69) is 5.32 Å². The number of nitrogens with one attached hydrogen (secondary N) is 1. The number of nitrogens with zero attached hydrogens (tertiary/aromatic N) is 3. The van der Waals surface area contributed by atoms with Crippen LogP contribution < -0.4 is 5.32 Å². The Kier molecular flexibility index (Phi) is 6.55. The van der Waals surface area contributed by atoms with E-state index in [1.165, 1.54) is 19.3 Å². The molecule has 2 heterocycles. The highest BCUT2D eigenvalue weighted by Crippen LogP contribution is 2.22. The van der Waals surface area contributed by atoms with Crippen LogP contribution >= 0.6 is 0 Å². The van der Waals surface area contributed by atoms with Crippen molar-refractivity contribution in [3.05, 3.63) is 35.9 Å². The second-order valence-electron chi connectivity index (χ2n) is 8.71. The number of likely N-dealkylation sites (tertiary alicyclic amines) is 1. The molecule has 1 N–H and O–H groups in total. The van der Waals surface area contributed by atoms with E-state index < -0.39 is 11.8 Å². The molecule has 1 aliphatic carbocycles. The van der Waals surface area contributed by atoms with Gasteiger partial charge in [0.15, 0.2) is 0 Å². The smallest absolute Gasteiger partial charge is 0.317 e. The molecule has 0 bridgehead atoms. The lowest BCUT2D eigenvalue weighted by Gasteiger charge is -2.42. The Morgan fingerprint density at radius 3 is 2.27 bits per heavy atom. The summed E-state index contributed by atoms with van der Waals surface area (Å²) in [4.78, 5) is 43.2. The first kappa shape index (κ1) is 20.7. The third-order valence-electron chi connectivity index (χ3n) is 6.68. The lowest BCUT2D eigenvalue weighted by molar-refractivity contribution is -0.158. The lowest BCUT2D eigenvalue weighted by Crippen LogP contribution is -2.59. The van der Waals surface area contributed by atoms with Gasteiger partial charge in [-0.05, 0) is 31.2 Å². The second-order valence-corrected chi connectivity index (χ2v) is 8.71. The maximum absolute atomic E-state index is 12.7. The summed E-state index contributed by atoms with van der Waals surface area (Å²) in [5, 5.41) is 3.17. The number of amides is 4. The number of hydrogen-bond donors (Lipinski definition) is 1. The molecule has 0 spiro atoms. The molecular weight excluding hydrogens is 380 g/mol. The van der Waals surface area contributed by atoms with Crippen molar-refractivity contribution in [2.24, 2.45) is 0 Å². The zero-order valence-electron chi connectivity index (χ0n) is 17.6. The van der Waals surface area contributed by atoms with Crippen LogP contribution in [0, 0.1) is 0 Å². The van der Waals surface area contributed by atoms with Gasteiger partial charge in [-0.3, -0.25) is 9.59 Å². The zero-order chi connectivity index (χ0) is 20.9. The van der Waals surface area contributed by atoms with Crippen molar-refractivity contribution >= 4 is 17.8 Å². The highest BCUT2D eigenvalue weighted by atomic mass is 16.2. The minimum absolute atomic E-state index is 0.0235. The Morgan fingerprint density at radius 1 is 0.867 bits per heavy atom. The summed E-state index contributed by atoms with van der Waals surface area (Å²) in [6.07, 6.45) is 7.27. The Hall–Kier alpha value is -2.57. The van der Waals surface area contributed by atoms with Crippen LogP contribution in [0.3, 0.4) is 0 Å². The van der Waals surface area contributed by atoms with E-state index in [9.17, 15) is 14.4 Å². The molecule has 3 fully saturated rings. The fraction of sp³-hybridized carbons (Fsp3) is 0.609. The molecule has 1 saturated carbocycles. The third kappa shape index (κ3) is 4.77. The summed E-state index contributed by atoms with van der Waals surface area (Å²) in [6.45, 7) is 2.86. The van der Waals surface area contributed by atoms with Gasteiger partial charge >= 0.3 is 17.8 Å². The van der Waals surface area contributed by atoms with Crippen molar-refractivity contribution in [1.82, 2.24) is 20.0 Å². The standard InChI is InChI=1S/C23H32N4O3/c28-21-22(29)27(16-15-26(21)17-18-7-3-1-4-8-18)20-11-13-25(14-12-20)23(30)24-19-9-5-2-6-10-19/h1,3-4,7-8,19-20H,2,5-6,9-17H2,(H,24,30). The van der Waals surface area contributed by atoms with Crippen molar-refractivity contribution in [1.29, 1.82) is 0 Å². The van der Waals surface area contributed by atoms with Gasteiger partial charge in [0.2, 0.25) is 0 Å². The molecule has 7 heteroatoms. The van der Waals surface area contributed by atoms with Gasteiger partial charge < -0.3 is 20.0 Å². The lowest BCUT2D eigenvalue weighted by atomic mass is 9.95. The molecule has 7 nitrogen and oxygen atoms in total. The Balaban J connectivity index is 1.26. The molecular formula is C23H32N4O3. The van der Waals surface area contributed by atoms with Crippen LogP contribution in [0.15, 0.2) is 30.3 Å². The molecule has 0 unspecified atom stereocenters. The number of carbonyl (C=O) groups excluding carboxylic acids is 3. The highest BCUT2D eigenvalue weighted by molar-refractivity contribution is 6.35. The molecule has 1 aromatic rings. The van der Waals surface area contributed by atoms with E-state index in [1.807, 2.05) is 35.2 Å². The van der Waals surface area contributed by atoms with Gasteiger partial charge in [0.1, 0.15) is 0 Å². The molecule has 4 amide bonds. The van der Waals surface area contributed by atoms with Crippen LogP contribution in [-0.4, -0.2) is 70.8 Å². The van der Waals surface area contributed by atoms with Crippen LogP contribution in [0.4, 0.5) is 4.79 Å². The maximum Gasteiger partial charge on any atom is 0.317 e. The number of carbonyl (C=O) groups is 3. The van der Waals surface area contributed by atoms with Gasteiger partial charge in [-0.1, -0.05) is 49.6 Å². The largest absolute Gasteiger partial charge is 0.335 e. The van der Waals surface area contributed by atoms with Crippen molar-refractivity contribution in [3.8, 4) is 0 Å². The van der Waals surface area contributed by atoms with E-state index >= 15 is 0 Å². The molecule has 4 rings (SSSR count). The summed E-state index contributed by atoms with van der Waals surface area (Å²) in [6, 6.07) is 10.1. The summed E-state index contributed by atoms with van der Waals surface area (Å²) >= 11 is 0. The van der Waals surface area contributed by atoms with Crippen LogP contribution in [0.1, 0.15) is 50.5 Å². The summed E-state index contributed by atoms with van der Waals surface area (Å²) in [5.74, 6) is -0.815. The molecule has 3 aliphatic rings. The SMILES string of the molecule is O=C(NC1CCCCC1)N1CCC(N2CCN(Cc3ccccc3)C(=O)C2=O)CC1. The third-order valence-corrected chi connectivity index (χ3v) is 6.68. The first-order chi connectivity index (χ1) is 14.6. The predicted octanol–water partition coefficient (Wildman–Crippen LogP) is 2.36. The van der Waals surface area contributed by atoms with Crippen molar-refractivity contribution < 1.29 is 14.4 Å². The Bertz CT molecular complexity index is 755. The van der Waals surface area contributed by atoms with Crippen LogP contribution in [-0.2, 0) is 16.1 Å². The Labute approximate surface area is 178 Å². The van der Waals surface area contributed by atoms with Crippen LogP contribution in [0.5, 0.6) is 0 Å². The normalized spacial score (nSPS) is 21.8. The molecule has 1 aromatic carbocycles. The first-order valence-electron chi connectivity index (χ1n) is 11.3. The van der Waals surface area contributed by atoms with Crippen molar-refractivity contribution in [2.75, 3.05) is 26.2 Å². The number of rotatable bonds is 4. The number of piperazine rings is 1. The maximum atomic E-state index is 12.7. The molecule has 162 valence electrons. The molecule has 30 heavy (non-hydrogen) atoms. The number of piperidine rings is 1. The van der Waals surface area contributed by atoms with Gasteiger partial charge in [0, 0.05) is 44.8 Å². The second kappa shape index (κ2) is 9.49. The fourth-order valence-corrected chi connectivity index (χ4v) is 4.89. The average Bonchev–Trinajstić information content (AvgIpc) is 2.79. The first-order valence-corrected chi connectivity index (χ1v) is 11.3. The minimum Gasteiger partial charge on any atom is -0.335 e. The summed E-state index contributed by atoms with van der Waals surface area (Å²) in [7, 11) is 0. The summed E-state index contributed by atoms with van der Waals surface area (Å²) in [5.41, 5.74) is 1.03. The fourth-order valence-electron chi connectivity index (χ4n) is 4.89. The minimum atomic E-state index is -0.414. The van der Waals surface area contributed by atoms with Gasteiger partial charge in [0.05, 0.1) is 0 Å². The van der Waals surface area contributed by atoms with Crippen molar-refractivity contribution in [2.45, 2.75) is 63.6 Å². The number of urea groups is 1. The van der Waals surface area contributed by atoms with Crippen LogP contribution in [0.2, 0.25) is 0 Å². The summed E-state index contributed by atoms with van der Waals surface area (Å²) < 4.78 is 0. The van der Waals surface area contributed by atoms with Gasteiger partial charge in [-0.25, -0.2) is 4.79 Å². The highest BCUT2D eigenvalue weighted by Gasteiger charge is 2.38. The molecule has 2 saturated heterocycles. The average molecular weight is 413 g/mol. The number of hydrogen-bond acceptors (Lipinski definition) is 3. The molecule has 0 atom stereocenters. The Morgan fingerprint density at radius 2 is 1.57 bits per heavy atom. The van der Waals surface area contributed by atoms with Gasteiger partial charge in [0.25, 0.3) is 0 Å². The van der Waals surface area contributed by atoms with E-state index in [0.717, 1.165) is 31.2 Å². The topological polar surface area (TPSA) is 73.0 Å². The van der Waals surface area contributed by atoms with Gasteiger partial charge in [-0.15, -0.1) is 0 Å². The van der Waals surface area contributed by atoms with E-state index in [0.29, 0.717) is 38.8 Å². The van der Waals surface area contributed by atoms with E-state index in [-0.39, 0.29) is 12.1 Å².